The Morgan fingerprint density at radius 1 is 1.20 bits per heavy atom. The maximum Gasteiger partial charge on any atom is 0.296 e. The molecule has 2 aromatic heterocycles. The summed E-state index contributed by atoms with van der Waals surface area (Å²) in [5.41, 5.74) is 0.0161. The fourth-order valence-electron chi connectivity index (χ4n) is 1.92. The monoisotopic (exact) mass is 318 g/mol. The largest absolute Gasteiger partial charge is 0.437 e. The van der Waals surface area contributed by atoms with Crippen molar-refractivity contribution >= 4 is 19.7 Å². The first-order valence-corrected chi connectivity index (χ1v) is 8.17. The molecule has 9 heteroatoms. The predicted molar refractivity (Wildman–Crippen MR) is 73.0 cm³/mol. The Morgan fingerprint density at radius 2 is 1.80 bits per heavy atom. The van der Waals surface area contributed by atoms with Crippen LogP contribution in [0.2, 0.25) is 0 Å². The number of hydrogen-bond donors (Lipinski definition) is 0. The fraction of sp³-hybridized carbons (Fsp3) is 0.545. The van der Waals surface area contributed by atoms with Crippen molar-refractivity contribution in [2.45, 2.75) is 45.3 Å². The number of aromatic nitrogens is 4. The summed E-state index contributed by atoms with van der Waals surface area (Å²) in [6, 6.07) is 0. The molecule has 0 aliphatic carbocycles. The number of aryl methyl sites for hydroxylation is 2. The maximum absolute atomic E-state index is 11.6. The molecule has 2 heterocycles. The summed E-state index contributed by atoms with van der Waals surface area (Å²) < 4.78 is 30.2. The molecule has 0 aliphatic heterocycles. The molecule has 0 amide bonds. The second-order valence-corrected chi connectivity index (χ2v) is 7.86. The molecule has 0 saturated carbocycles. The number of rotatable bonds is 2. The summed E-state index contributed by atoms with van der Waals surface area (Å²) >= 11 is 0. The Balaban J connectivity index is 2.80. The molecule has 2 rings (SSSR count). The maximum atomic E-state index is 11.6. The van der Waals surface area contributed by atoms with Gasteiger partial charge in [0.2, 0.25) is 5.82 Å². The van der Waals surface area contributed by atoms with Crippen LogP contribution in [0.4, 0.5) is 0 Å². The minimum atomic E-state index is -4.01. The Bertz CT molecular complexity index is 755. The topological polar surface area (TPSA) is 90.9 Å². The van der Waals surface area contributed by atoms with E-state index in [2.05, 4.69) is 15.2 Å². The van der Waals surface area contributed by atoms with E-state index < -0.39 is 14.6 Å². The minimum absolute atomic E-state index is 0.287. The summed E-state index contributed by atoms with van der Waals surface area (Å²) in [7, 11) is 1.41. The van der Waals surface area contributed by atoms with E-state index >= 15 is 0 Å². The Labute approximate surface area is 121 Å². The van der Waals surface area contributed by atoms with Crippen molar-refractivity contribution in [2.24, 2.45) is 0 Å². The van der Waals surface area contributed by atoms with Gasteiger partial charge < -0.3 is 4.42 Å². The molecule has 0 unspecified atom stereocenters. The van der Waals surface area contributed by atoms with Crippen molar-refractivity contribution < 1.29 is 12.8 Å². The molecular weight excluding hydrogens is 304 g/mol. The minimum Gasteiger partial charge on any atom is -0.437 e. The summed E-state index contributed by atoms with van der Waals surface area (Å²) in [5, 5.41) is 7.28. The van der Waals surface area contributed by atoms with Crippen molar-refractivity contribution in [3.63, 3.8) is 0 Å². The fourth-order valence-corrected chi connectivity index (χ4v) is 2.93. The highest BCUT2D eigenvalue weighted by atomic mass is 35.7. The number of nitrogens with zero attached hydrogens (tertiary/aromatic N) is 4. The van der Waals surface area contributed by atoms with Gasteiger partial charge in [0.05, 0.1) is 5.69 Å². The van der Waals surface area contributed by atoms with Gasteiger partial charge in [-0.2, -0.15) is 0 Å². The lowest BCUT2D eigenvalue weighted by Crippen LogP contribution is -2.25. The van der Waals surface area contributed by atoms with E-state index in [1.54, 1.807) is 13.8 Å². The van der Waals surface area contributed by atoms with E-state index in [0.717, 1.165) is 0 Å². The van der Waals surface area contributed by atoms with Gasteiger partial charge in [-0.15, -0.1) is 10.2 Å². The van der Waals surface area contributed by atoms with Gasteiger partial charge in [0, 0.05) is 23.1 Å². The van der Waals surface area contributed by atoms with Gasteiger partial charge in [-0.05, 0) is 27.7 Å². The van der Waals surface area contributed by atoms with E-state index in [0.29, 0.717) is 17.3 Å². The van der Waals surface area contributed by atoms with Gasteiger partial charge in [-0.1, -0.05) is 0 Å². The van der Waals surface area contributed by atoms with Crippen molar-refractivity contribution in [3.05, 3.63) is 11.6 Å². The Kier molecular flexibility index (Phi) is 3.42. The zero-order valence-electron chi connectivity index (χ0n) is 11.8. The third-order valence-corrected chi connectivity index (χ3v) is 3.74. The van der Waals surface area contributed by atoms with Crippen molar-refractivity contribution in [1.82, 2.24) is 19.7 Å². The molecule has 0 N–H and O–H groups in total. The first-order valence-electron chi connectivity index (χ1n) is 5.87. The van der Waals surface area contributed by atoms with Crippen LogP contribution in [0.25, 0.3) is 11.6 Å². The standard InChI is InChI=1S/C11H15ClN4O3S/c1-6-8(19-7(2)13-6)9-14-15-10(20(12,17)18)16(9)11(3,4)5/h1-5H3. The van der Waals surface area contributed by atoms with Gasteiger partial charge in [-0.25, -0.2) is 13.4 Å². The summed E-state index contributed by atoms with van der Waals surface area (Å²) in [6.07, 6.45) is 0. The molecule has 0 saturated heterocycles. The zero-order chi connectivity index (χ0) is 15.3. The second-order valence-electron chi connectivity index (χ2n) is 5.40. The third-order valence-electron chi connectivity index (χ3n) is 2.63. The highest BCUT2D eigenvalue weighted by Gasteiger charge is 2.32. The molecule has 0 aliphatic rings. The molecule has 0 radical (unpaired) electrons. The molecule has 0 bridgehead atoms. The smallest absolute Gasteiger partial charge is 0.296 e. The zero-order valence-corrected chi connectivity index (χ0v) is 13.4. The molecule has 7 nitrogen and oxygen atoms in total. The van der Waals surface area contributed by atoms with Crippen LogP contribution >= 0.6 is 10.7 Å². The molecule has 2 aromatic rings. The van der Waals surface area contributed by atoms with Crippen molar-refractivity contribution in [1.29, 1.82) is 0 Å². The Morgan fingerprint density at radius 3 is 2.20 bits per heavy atom. The van der Waals surface area contributed by atoms with Crippen LogP contribution in [-0.4, -0.2) is 28.2 Å². The molecule has 20 heavy (non-hydrogen) atoms. The lowest BCUT2D eigenvalue weighted by atomic mass is 10.1. The van der Waals surface area contributed by atoms with Crippen LogP contribution in [0.5, 0.6) is 0 Å². The average Bonchev–Trinajstić information content (AvgIpc) is 2.79. The molecular formula is C11H15ClN4O3S. The van der Waals surface area contributed by atoms with Gasteiger partial charge in [0.1, 0.15) is 0 Å². The molecule has 0 spiro atoms. The van der Waals surface area contributed by atoms with Crippen molar-refractivity contribution in [3.8, 4) is 11.6 Å². The average molecular weight is 319 g/mol. The number of hydrogen-bond acceptors (Lipinski definition) is 6. The van der Waals surface area contributed by atoms with Crippen LogP contribution in [0.3, 0.4) is 0 Å². The second kappa shape index (κ2) is 4.56. The summed E-state index contributed by atoms with van der Waals surface area (Å²) in [4.78, 5) is 4.15. The van der Waals surface area contributed by atoms with E-state index in [9.17, 15) is 8.42 Å². The first-order chi connectivity index (χ1) is 9.01. The van der Waals surface area contributed by atoms with Crippen molar-refractivity contribution in [2.75, 3.05) is 0 Å². The van der Waals surface area contributed by atoms with Crippen LogP contribution in [0.1, 0.15) is 32.4 Å². The molecule has 0 aromatic carbocycles. The van der Waals surface area contributed by atoms with Gasteiger partial charge >= 0.3 is 0 Å². The van der Waals surface area contributed by atoms with Crippen LogP contribution in [-0.2, 0) is 14.6 Å². The van der Waals surface area contributed by atoms with E-state index in [4.69, 9.17) is 15.1 Å². The van der Waals surface area contributed by atoms with Gasteiger partial charge in [0.25, 0.3) is 14.2 Å². The Hall–Kier alpha value is -1.41. The first kappa shape index (κ1) is 15.0. The van der Waals surface area contributed by atoms with Gasteiger partial charge in [0.15, 0.2) is 11.7 Å². The lowest BCUT2D eigenvalue weighted by Gasteiger charge is -2.23. The third kappa shape index (κ3) is 2.57. The number of oxazole rings is 1. The summed E-state index contributed by atoms with van der Waals surface area (Å²) in [5.74, 6) is 1.14. The molecule has 0 fully saturated rings. The van der Waals surface area contributed by atoms with Crippen LogP contribution in [0.15, 0.2) is 9.57 Å². The summed E-state index contributed by atoms with van der Waals surface area (Å²) in [6.45, 7) is 8.92. The molecule has 110 valence electrons. The van der Waals surface area contributed by atoms with E-state index in [1.807, 2.05) is 20.8 Å². The SMILES string of the molecule is Cc1nc(C)c(-c2nnc(S(=O)(=O)Cl)n2C(C)(C)C)o1. The molecule has 0 atom stereocenters. The van der Waals surface area contributed by atoms with Crippen LogP contribution in [0, 0.1) is 13.8 Å². The normalized spacial score (nSPS) is 12.9. The van der Waals surface area contributed by atoms with Crippen LogP contribution < -0.4 is 0 Å². The quantitative estimate of drug-likeness (QED) is 0.789. The van der Waals surface area contributed by atoms with E-state index in [1.165, 1.54) is 4.57 Å². The predicted octanol–water partition coefficient (Wildman–Crippen LogP) is 2.23. The number of halogens is 1. The highest BCUT2D eigenvalue weighted by molar-refractivity contribution is 8.13. The highest BCUT2D eigenvalue weighted by Crippen LogP contribution is 2.31. The lowest BCUT2D eigenvalue weighted by molar-refractivity contribution is 0.363. The van der Waals surface area contributed by atoms with E-state index in [-0.39, 0.29) is 11.0 Å². The van der Waals surface area contributed by atoms with Gasteiger partial charge in [-0.3, -0.25) is 4.57 Å².